The van der Waals surface area contributed by atoms with E-state index in [0.717, 1.165) is 22.4 Å². The second kappa shape index (κ2) is 12.6. The van der Waals surface area contributed by atoms with Crippen molar-refractivity contribution in [3.63, 3.8) is 0 Å². The van der Waals surface area contributed by atoms with E-state index in [1.54, 1.807) is 30.5 Å². The minimum absolute atomic E-state index is 0.159. The first kappa shape index (κ1) is 23.6. The SMILES string of the molecule is O=C(COc1ccc(OCc2ccccc2)cc1)N/N=C/c1ccccc1OCc1ccccc1. The Balaban J connectivity index is 1.21. The highest BCUT2D eigenvalue weighted by Crippen LogP contribution is 2.19. The van der Waals surface area contributed by atoms with E-state index in [1.165, 1.54) is 0 Å². The number of carbonyl (C=O) groups excluding carboxylic acids is 1. The van der Waals surface area contributed by atoms with Gasteiger partial charge in [-0.15, -0.1) is 0 Å². The van der Waals surface area contributed by atoms with Crippen LogP contribution < -0.4 is 19.6 Å². The van der Waals surface area contributed by atoms with E-state index in [-0.39, 0.29) is 12.5 Å². The van der Waals surface area contributed by atoms with E-state index in [4.69, 9.17) is 14.2 Å². The highest BCUT2D eigenvalue weighted by Gasteiger charge is 2.04. The molecule has 6 heteroatoms. The summed E-state index contributed by atoms with van der Waals surface area (Å²) < 4.78 is 17.2. The summed E-state index contributed by atoms with van der Waals surface area (Å²) in [6.07, 6.45) is 1.55. The second-order valence-electron chi connectivity index (χ2n) is 7.64. The van der Waals surface area contributed by atoms with Crippen LogP contribution in [0.3, 0.4) is 0 Å². The van der Waals surface area contributed by atoms with E-state index in [9.17, 15) is 4.79 Å². The van der Waals surface area contributed by atoms with Gasteiger partial charge in [-0.3, -0.25) is 4.79 Å². The Hall–Kier alpha value is -4.58. The molecule has 0 radical (unpaired) electrons. The molecule has 4 aromatic carbocycles. The highest BCUT2D eigenvalue weighted by atomic mass is 16.5. The van der Waals surface area contributed by atoms with Crippen LogP contribution in [0.15, 0.2) is 114 Å². The van der Waals surface area contributed by atoms with Crippen molar-refractivity contribution in [2.75, 3.05) is 6.61 Å². The number of carbonyl (C=O) groups is 1. The molecule has 0 aliphatic rings. The smallest absolute Gasteiger partial charge is 0.277 e. The Bertz CT molecular complexity index is 1230. The molecule has 0 aliphatic heterocycles. The summed E-state index contributed by atoms with van der Waals surface area (Å²) in [6.45, 7) is 0.775. The van der Waals surface area contributed by atoms with Crippen LogP contribution in [0, 0.1) is 0 Å². The van der Waals surface area contributed by atoms with Crippen molar-refractivity contribution in [3.05, 3.63) is 126 Å². The number of nitrogens with one attached hydrogen (secondary N) is 1. The number of ether oxygens (including phenoxy) is 3. The summed E-state index contributed by atoms with van der Waals surface area (Å²) in [4.78, 5) is 12.1. The van der Waals surface area contributed by atoms with Crippen LogP contribution in [0.5, 0.6) is 17.2 Å². The Morgan fingerprint density at radius 2 is 1.20 bits per heavy atom. The maximum Gasteiger partial charge on any atom is 0.277 e. The lowest BCUT2D eigenvalue weighted by atomic mass is 10.2. The molecular formula is C29H26N2O4. The third-order valence-corrected chi connectivity index (χ3v) is 4.99. The quantitative estimate of drug-likeness (QED) is 0.238. The van der Waals surface area contributed by atoms with Gasteiger partial charge in [-0.1, -0.05) is 72.8 Å². The lowest BCUT2D eigenvalue weighted by Gasteiger charge is -2.09. The van der Waals surface area contributed by atoms with E-state index < -0.39 is 0 Å². The van der Waals surface area contributed by atoms with Crippen LogP contribution in [0.2, 0.25) is 0 Å². The van der Waals surface area contributed by atoms with Gasteiger partial charge < -0.3 is 14.2 Å². The molecule has 0 atom stereocenters. The van der Waals surface area contributed by atoms with Crippen LogP contribution in [-0.4, -0.2) is 18.7 Å². The van der Waals surface area contributed by atoms with Crippen molar-refractivity contribution in [2.24, 2.45) is 5.10 Å². The predicted molar refractivity (Wildman–Crippen MR) is 136 cm³/mol. The third kappa shape index (κ3) is 7.75. The van der Waals surface area contributed by atoms with Gasteiger partial charge in [0.05, 0.1) is 6.21 Å². The highest BCUT2D eigenvalue weighted by molar-refractivity contribution is 5.85. The zero-order valence-electron chi connectivity index (χ0n) is 19.2. The van der Waals surface area contributed by atoms with Crippen molar-refractivity contribution in [2.45, 2.75) is 13.2 Å². The second-order valence-corrected chi connectivity index (χ2v) is 7.64. The van der Waals surface area contributed by atoms with Gasteiger partial charge in [0.2, 0.25) is 0 Å². The van der Waals surface area contributed by atoms with Crippen LogP contribution in [0.4, 0.5) is 0 Å². The number of amides is 1. The van der Waals surface area contributed by atoms with Gasteiger partial charge in [-0.2, -0.15) is 5.10 Å². The molecule has 0 saturated heterocycles. The van der Waals surface area contributed by atoms with E-state index >= 15 is 0 Å². The maximum absolute atomic E-state index is 12.1. The minimum Gasteiger partial charge on any atom is -0.489 e. The van der Waals surface area contributed by atoms with Gasteiger partial charge >= 0.3 is 0 Å². The average Bonchev–Trinajstić information content (AvgIpc) is 2.92. The van der Waals surface area contributed by atoms with Gasteiger partial charge in [-0.25, -0.2) is 5.43 Å². The predicted octanol–water partition coefficient (Wildman–Crippen LogP) is 5.37. The molecule has 0 spiro atoms. The molecule has 0 bridgehead atoms. The number of hydrazone groups is 1. The Kier molecular flexibility index (Phi) is 8.49. The number of para-hydroxylation sites is 1. The fourth-order valence-electron chi connectivity index (χ4n) is 3.18. The summed E-state index contributed by atoms with van der Waals surface area (Å²) in [5.41, 5.74) is 5.40. The Morgan fingerprint density at radius 1 is 0.657 bits per heavy atom. The number of hydrogen-bond donors (Lipinski definition) is 1. The topological polar surface area (TPSA) is 69.2 Å². The van der Waals surface area contributed by atoms with Crippen molar-refractivity contribution in [1.82, 2.24) is 5.43 Å². The van der Waals surface area contributed by atoms with E-state index in [0.29, 0.717) is 24.7 Å². The van der Waals surface area contributed by atoms with Gasteiger partial charge in [0, 0.05) is 5.56 Å². The van der Waals surface area contributed by atoms with Crippen molar-refractivity contribution >= 4 is 12.1 Å². The minimum atomic E-state index is -0.367. The first-order valence-electron chi connectivity index (χ1n) is 11.2. The molecule has 0 aromatic heterocycles. The van der Waals surface area contributed by atoms with Crippen molar-refractivity contribution < 1.29 is 19.0 Å². The summed E-state index contributed by atoms with van der Waals surface area (Å²) in [5, 5.41) is 4.03. The molecule has 4 rings (SSSR count). The summed E-state index contributed by atoms with van der Waals surface area (Å²) >= 11 is 0. The van der Waals surface area contributed by atoms with Crippen molar-refractivity contribution in [3.8, 4) is 17.2 Å². The number of rotatable bonds is 11. The van der Waals surface area contributed by atoms with Crippen LogP contribution in [-0.2, 0) is 18.0 Å². The number of hydrogen-bond acceptors (Lipinski definition) is 5. The zero-order chi connectivity index (χ0) is 24.1. The molecule has 4 aromatic rings. The Labute approximate surface area is 204 Å². The fourth-order valence-corrected chi connectivity index (χ4v) is 3.18. The third-order valence-electron chi connectivity index (χ3n) is 4.99. The van der Waals surface area contributed by atoms with Crippen molar-refractivity contribution in [1.29, 1.82) is 0 Å². The van der Waals surface area contributed by atoms with Gasteiger partial charge in [-0.05, 0) is 47.5 Å². The maximum atomic E-state index is 12.1. The molecule has 1 N–H and O–H groups in total. The molecule has 0 unspecified atom stereocenters. The van der Waals surface area contributed by atoms with Crippen LogP contribution in [0.25, 0.3) is 0 Å². The first-order valence-corrected chi connectivity index (χ1v) is 11.2. The lowest BCUT2D eigenvalue weighted by Crippen LogP contribution is -2.24. The molecule has 0 heterocycles. The van der Waals surface area contributed by atoms with Gasteiger partial charge in [0.1, 0.15) is 30.5 Å². The molecule has 0 saturated carbocycles. The summed E-state index contributed by atoms with van der Waals surface area (Å²) in [7, 11) is 0. The molecule has 176 valence electrons. The normalized spacial score (nSPS) is 10.6. The lowest BCUT2D eigenvalue weighted by molar-refractivity contribution is -0.123. The monoisotopic (exact) mass is 466 g/mol. The van der Waals surface area contributed by atoms with E-state index in [2.05, 4.69) is 10.5 Å². The average molecular weight is 467 g/mol. The Morgan fingerprint density at radius 3 is 1.86 bits per heavy atom. The molecule has 35 heavy (non-hydrogen) atoms. The molecule has 0 fully saturated rings. The van der Waals surface area contributed by atoms with Gasteiger partial charge in [0.15, 0.2) is 6.61 Å². The van der Waals surface area contributed by atoms with Crippen LogP contribution >= 0.6 is 0 Å². The van der Waals surface area contributed by atoms with Gasteiger partial charge in [0.25, 0.3) is 5.91 Å². The largest absolute Gasteiger partial charge is 0.489 e. The zero-order valence-corrected chi connectivity index (χ0v) is 19.2. The summed E-state index contributed by atoms with van der Waals surface area (Å²) in [6, 6.07) is 34.5. The number of nitrogens with zero attached hydrogens (tertiary/aromatic N) is 1. The standard InChI is InChI=1S/C29H26N2O4/c32-29(22-34-27-17-15-26(16-18-27)33-20-23-9-3-1-4-10-23)31-30-19-25-13-7-8-14-28(25)35-21-24-11-5-2-6-12-24/h1-19H,20-22H2,(H,31,32)/b30-19+. The van der Waals surface area contributed by atoms with Crippen LogP contribution in [0.1, 0.15) is 16.7 Å². The fraction of sp³-hybridized carbons (Fsp3) is 0.103. The van der Waals surface area contributed by atoms with E-state index in [1.807, 2.05) is 84.9 Å². The number of benzene rings is 4. The molecule has 0 aliphatic carbocycles. The molecular weight excluding hydrogens is 440 g/mol. The molecule has 6 nitrogen and oxygen atoms in total. The first-order chi connectivity index (χ1) is 17.3. The molecule has 1 amide bonds. The summed E-state index contributed by atoms with van der Waals surface area (Å²) in [5.74, 6) is 1.60.